The second-order valence-corrected chi connectivity index (χ2v) is 7.62. The number of nitrogens with two attached hydrogens (primary N) is 1. The highest BCUT2D eigenvalue weighted by atomic mass is 32.2. The molecule has 0 aromatic heterocycles. The molecule has 138 valence electrons. The maximum Gasteiger partial charge on any atom is 0.150 e. The number of halogens is 1. The normalized spacial score (nSPS) is 13.0. The summed E-state index contributed by atoms with van der Waals surface area (Å²) in [6.45, 7) is 0. The molecule has 4 N–H and O–H groups in total. The maximum atomic E-state index is 13.8. The highest BCUT2D eigenvalue weighted by Gasteiger charge is 2.15. The van der Waals surface area contributed by atoms with Crippen molar-refractivity contribution in [1.29, 1.82) is 5.41 Å². The molecule has 4 nitrogen and oxygen atoms in total. The molecule has 0 bridgehead atoms. The Labute approximate surface area is 162 Å². The molecule has 0 saturated heterocycles. The number of alkyl halides is 1. The van der Waals surface area contributed by atoms with Gasteiger partial charge in [-0.2, -0.15) is 0 Å². The van der Waals surface area contributed by atoms with Crippen molar-refractivity contribution in [3.05, 3.63) is 89.5 Å². The summed E-state index contributed by atoms with van der Waals surface area (Å²) in [6, 6.07) is 20.9. The molecular formula is C20H19FN3OPS. The van der Waals surface area contributed by atoms with E-state index in [4.69, 9.17) is 11.1 Å². The Morgan fingerprint density at radius 3 is 2.44 bits per heavy atom. The van der Waals surface area contributed by atoms with Crippen LogP contribution in [0.3, 0.4) is 0 Å². The SMILES string of the molecule is N=C(c1ccccc1)c1cc(NS(=O)c2ccccc2C(F)P)ccc1N. The van der Waals surface area contributed by atoms with E-state index in [1.165, 1.54) is 0 Å². The lowest BCUT2D eigenvalue weighted by Gasteiger charge is -2.14. The van der Waals surface area contributed by atoms with Gasteiger partial charge in [0, 0.05) is 28.1 Å². The summed E-state index contributed by atoms with van der Waals surface area (Å²) in [5.74, 6) is -1.31. The lowest BCUT2D eigenvalue weighted by Crippen LogP contribution is -2.10. The third-order valence-electron chi connectivity index (χ3n) is 4.01. The van der Waals surface area contributed by atoms with Gasteiger partial charge in [-0.1, -0.05) is 57.8 Å². The Balaban J connectivity index is 1.89. The van der Waals surface area contributed by atoms with Gasteiger partial charge in [0.25, 0.3) is 0 Å². The summed E-state index contributed by atoms with van der Waals surface area (Å²) in [5.41, 5.74) is 8.91. The van der Waals surface area contributed by atoms with E-state index in [0.717, 1.165) is 5.56 Å². The van der Waals surface area contributed by atoms with Gasteiger partial charge in [-0.3, -0.25) is 5.41 Å². The van der Waals surface area contributed by atoms with Gasteiger partial charge in [0.05, 0.1) is 10.6 Å². The minimum Gasteiger partial charge on any atom is -0.398 e. The fourth-order valence-electron chi connectivity index (χ4n) is 2.64. The Hall–Kier alpha value is -2.56. The van der Waals surface area contributed by atoms with Crippen LogP contribution in [0.5, 0.6) is 0 Å². The number of rotatable bonds is 6. The summed E-state index contributed by atoms with van der Waals surface area (Å²) in [6.07, 6.45) is 0. The van der Waals surface area contributed by atoms with Crippen LogP contribution in [-0.2, 0) is 11.0 Å². The third kappa shape index (κ3) is 4.41. The summed E-state index contributed by atoms with van der Waals surface area (Å²) in [5, 5.41) is 8.41. The molecule has 0 heterocycles. The van der Waals surface area contributed by atoms with Crippen LogP contribution < -0.4 is 10.5 Å². The standard InChI is InChI=1S/C20H19FN3OPS/c21-20(26)15-8-4-5-9-18(15)27(25)24-14-10-11-17(22)16(12-14)19(23)13-6-2-1-3-7-13/h1-12,20,23-24H,22,26H2. The molecule has 0 aliphatic carbocycles. The van der Waals surface area contributed by atoms with E-state index >= 15 is 0 Å². The molecule has 7 heteroatoms. The smallest absolute Gasteiger partial charge is 0.150 e. The molecule has 0 fully saturated rings. The van der Waals surface area contributed by atoms with Crippen LogP contribution in [0.15, 0.2) is 77.7 Å². The molecule has 0 spiro atoms. The fourth-order valence-corrected chi connectivity index (χ4v) is 4.10. The summed E-state index contributed by atoms with van der Waals surface area (Å²) >= 11 is 0. The molecule has 0 aliphatic rings. The largest absolute Gasteiger partial charge is 0.398 e. The summed E-state index contributed by atoms with van der Waals surface area (Å²) in [4.78, 5) is 0.372. The van der Waals surface area contributed by atoms with Gasteiger partial charge in [-0.25, -0.2) is 8.60 Å². The minimum absolute atomic E-state index is 0.275. The van der Waals surface area contributed by atoms with Crippen molar-refractivity contribution in [1.82, 2.24) is 0 Å². The maximum absolute atomic E-state index is 13.8. The first-order chi connectivity index (χ1) is 13.0. The highest BCUT2D eigenvalue weighted by Crippen LogP contribution is 2.30. The average Bonchev–Trinajstić information content (AvgIpc) is 2.69. The summed E-state index contributed by atoms with van der Waals surface area (Å²) < 4.78 is 29.3. The van der Waals surface area contributed by atoms with E-state index in [1.807, 2.05) is 30.3 Å². The highest BCUT2D eigenvalue weighted by molar-refractivity contribution is 7.86. The minimum atomic E-state index is -1.65. The first-order valence-electron chi connectivity index (χ1n) is 8.18. The van der Waals surface area contributed by atoms with E-state index in [9.17, 15) is 8.60 Å². The number of anilines is 2. The molecule has 3 aromatic rings. The molecule has 27 heavy (non-hydrogen) atoms. The van der Waals surface area contributed by atoms with Crippen LogP contribution >= 0.6 is 9.24 Å². The van der Waals surface area contributed by atoms with Crippen molar-refractivity contribution in [3.63, 3.8) is 0 Å². The zero-order valence-corrected chi connectivity index (χ0v) is 16.3. The molecule has 3 rings (SSSR count). The van der Waals surface area contributed by atoms with Gasteiger partial charge in [0.2, 0.25) is 0 Å². The van der Waals surface area contributed by atoms with Crippen molar-refractivity contribution in [2.75, 3.05) is 10.5 Å². The van der Waals surface area contributed by atoms with Crippen molar-refractivity contribution >= 4 is 37.3 Å². The Morgan fingerprint density at radius 1 is 1.07 bits per heavy atom. The molecule has 0 radical (unpaired) electrons. The van der Waals surface area contributed by atoms with E-state index in [2.05, 4.69) is 14.0 Å². The summed E-state index contributed by atoms with van der Waals surface area (Å²) in [7, 11) is 0.412. The number of hydrogen-bond donors (Lipinski definition) is 3. The zero-order valence-electron chi connectivity index (χ0n) is 14.4. The van der Waals surface area contributed by atoms with Crippen LogP contribution in [0.25, 0.3) is 0 Å². The molecule has 0 aliphatic heterocycles. The van der Waals surface area contributed by atoms with Crippen molar-refractivity contribution < 1.29 is 8.60 Å². The Bertz CT molecular complexity index is 996. The van der Waals surface area contributed by atoms with Crippen LogP contribution in [0.4, 0.5) is 15.8 Å². The van der Waals surface area contributed by atoms with E-state index in [-0.39, 0.29) is 5.71 Å². The molecule has 3 atom stereocenters. The predicted octanol–water partition coefficient (Wildman–Crippen LogP) is 4.66. The number of hydrogen-bond acceptors (Lipinski definition) is 3. The quantitative estimate of drug-likeness (QED) is 0.320. The number of nitrogen functional groups attached to an aromatic ring is 1. The van der Waals surface area contributed by atoms with Gasteiger partial charge >= 0.3 is 0 Å². The van der Waals surface area contributed by atoms with Gasteiger partial charge in [0.1, 0.15) is 5.91 Å². The van der Waals surface area contributed by atoms with E-state index < -0.39 is 16.9 Å². The average molecular weight is 399 g/mol. The molecular weight excluding hydrogens is 380 g/mol. The Kier molecular flexibility index (Phi) is 5.99. The second kappa shape index (κ2) is 8.42. The van der Waals surface area contributed by atoms with E-state index in [1.54, 1.807) is 42.5 Å². The van der Waals surface area contributed by atoms with Gasteiger partial charge < -0.3 is 10.5 Å². The van der Waals surface area contributed by atoms with E-state index in [0.29, 0.717) is 27.4 Å². The molecule has 0 amide bonds. The number of benzene rings is 3. The first-order valence-corrected chi connectivity index (χ1v) is 10.00. The lowest BCUT2D eigenvalue weighted by molar-refractivity contribution is 0.463. The van der Waals surface area contributed by atoms with Gasteiger partial charge in [0.15, 0.2) is 11.0 Å². The topological polar surface area (TPSA) is 79.0 Å². The zero-order chi connectivity index (χ0) is 19.4. The van der Waals surface area contributed by atoms with Gasteiger partial charge in [-0.05, 0) is 24.3 Å². The fraction of sp³-hybridized carbons (Fsp3) is 0.0500. The van der Waals surface area contributed by atoms with Crippen LogP contribution in [0, 0.1) is 5.41 Å². The van der Waals surface area contributed by atoms with Crippen LogP contribution in [0.1, 0.15) is 22.6 Å². The number of nitrogens with one attached hydrogen (secondary N) is 2. The van der Waals surface area contributed by atoms with Crippen molar-refractivity contribution in [3.8, 4) is 0 Å². The molecule has 0 saturated carbocycles. The van der Waals surface area contributed by atoms with Crippen molar-refractivity contribution in [2.45, 2.75) is 10.8 Å². The molecule has 3 unspecified atom stereocenters. The Morgan fingerprint density at radius 2 is 1.74 bits per heavy atom. The lowest BCUT2D eigenvalue weighted by atomic mass is 10.0. The van der Waals surface area contributed by atoms with Crippen molar-refractivity contribution in [2.24, 2.45) is 0 Å². The second-order valence-electron chi connectivity index (χ2n) is 5.85. The molecule has 3 aromatic carbocycles. The first kappa shape index (κ1) is 19.2. The monoisotopic (exact) mass is 399 g/mol. The predicted molar refractivity (Wildman–Crippen MR) is 113 cm³/mol. The van der Waals surface area contributed by atoms with Gasteiger partial charge in [-0.15, -0.1) is 0 Å². The third-order valence-corrected chi connectivity index (χ3v) is 5.56. The van der Waals surface area contributed by atoms with Crippen LogP contribution in [0.2, 0.25) is 0 Å². The van der Waals surface area contributed by atoms with Crippen LogP contribution in [-0.4, -0.2) is 9.92 Å².